The van der Waals surface area contributed by atoms with Crippen LogP contribution in [-0.4, -0.2) is 31.4 Å². The molecular weight excluding hydrogens is 293 g/mol. The highest BCUT2D eigenvalue weighted by Gasteiger charge is 2.39. The molecule has 104 valence electrons. The number of hydrogen-bond donors (Lipinski definition) is 1. The number of benzene rings is 1. The molecule has 19 heavy (non-hydrogen) atoms. The maximum Gasteiger partial charge on any atom is 0.254 e. The Labute approximate surface area is 115 Å². The van der Waals surface area contributed by atoms with Gasteiger partial charge < -0.3 is 5.32 Å². The molecule has 1 fully saturated rings. The number of hydrogen-bond acceptors (Lipinski definition) is 3. The summed E-state index contributed by atoms with van der Waals surface area (Å²) in [4.78, 5) is 12.0. The number of carbonyl (C=O) groups excluding carboxylic acids is 1. The predicted molar refractivity (Wildman–Crippen MR) is 70.6 cm³/mol. The van der Waals surface area contributed by atoms with Crippen molar-refractivity contribution in [1.82, 2.24) is 5.32 Å². The highest BCUT2D eigenvalue weighted by atomic mass is 35.5. The summed E-state index contributed by atoms with van der Waals surface area (Å²) in [5.41, 5.74) is -0.989. The fraction of sp³-hybridized carbons (Fsp3) is 0.417. The molecule has 1 aromatic rings. The van der Waals surface area contributed by atoms with Gasteiger partial charge in [0.05, 0.1) is 22.6 Å². The summed E-state index contributed by atoms with van der Waals surface area (Å²) in [6, 6.07) is 3.73. The summed E-state index contributed by atoms with van der Waals surface area (Å²) in [5.74, 6) is -1.45. The SMILES string of the molecule is C[C@@]1(NC(=O)c2ccc(Cl)cc2F)CCS(=O)(=O)C1. The number of rotatable bonds is 2. The molecule has 0 aliphatic carbocycles. The summed E-state index contributed by atoms with van der Waals surface area (Å²) >= 11 is 5.61. The van der Waals surface area contributed by atoms with Gasteiger partial charge in [-0.2, -0.15) is 0 Å². The van der Waals surface area contributed by atoms with E-state index >= 15 is 0 Å². The van der Waals surface area contributed by atoms with Gasteiger partial charge in [-0.05, 0) is 31.5 Å². The molecule has 1 amide bonds. The Hall–Kier alpha value is -1.14. The second kappa shape index (κ2) is 4.76. The molecule has 0 radical (unpaired) electrons. The van der Waals surface area contributed by atoms with E-state index in [1.807, 2.05) is 0 Å². The molecule has 1 N–H and O–H groups in total. The molecule has 0 spiro atoms. The van der Waals surface area contributed by atoms with Crippen molar-refractivity contribution in [3.05, 3.63) is 34.6 Å². The minimum absolute atomic E-state index is 0.0346. The Morgan fingerprint density at radius 2 is 2.16 bits per heavy atom. The van der Waals surface area contributed by atoms with Crippen molar-refractivity contribution in [3.63, 3.8) is 0 Å². The lowest BCUT2D eigenvalue weighted by Gasteiger charge is -2.24. The fourth-order valence-electron chi connectivity index (χ4n) is 2.12. The van der Waals surface area contributed by atoms with Crippen LogP contribution in [0, 0.1) is 5.82 Å². The van der Waals surface area contributed by atoms with Crippen LogP contribution in [-0.2, 0) is 9.84 Å². The van der Waals surface area contributed by atoms with E-state index < -0.39 is 27.1 Å². The summed E-state index contributed by atoms with van der Waals surface area (Å²) < 4.78 is 36.5. The number of carbonyl (C=O) groups is 1. The summed E-state index contributed by atoms with van der Waals surface area (Å²) in [6.07, 6.45) is 0.330. The zero-order valence-corrected chi connectivity index (χ0v) is 11.8. The van der Waals surface area contributed by atoms with Crippen LogP contribution in [0.1, 0.15) is 23.7 Å². The molecule has 0 unspecified atom stereocenters. The van der Waals surface area contributed by atoms with Crippen LogP contribution in [0.2, 0.25) is 5.02 Å². The highest BCUT2D eigenvalue weighted by molar-refractivity contribution is 7.91. The van der Waals surface area contributed by atoms with Gasteiger partial charge in [0.25, 0.3) is 5.91 Å². The lowest BCUT2D eigenvalue weighted by atomic mass is 10.0. The Morgan fingerprint density at radius 1 is 1.47 bits per heavy atom. The third-order valence-corrected chi connectivity index (χ3v) is 5.23. The van der Waals surface area contributed by atoms with Gasteiger partial charge >= 0.3 is 0 Å². The number of nitrogens with one attached hydrogen (secondary N) is 1. The van der Waals surface area contributed by atoms with E-state index in [9.17, 15) is 17.6 Å². The van der Waals surface area contributed by atoms with Crippen molar-refractivity contribution in [1.29, 1.82) is 0 Å². The molecular formula is C12H13ClFNO3S. The standard InChI is InChI=1S/C12H13ClFNO3S/c1-12(4-5-19(17,18)7-12)15-11(16)9-3-2-8(13)6-10(9)14/h2-3,6H,4-5,7H2,1H3,(H,15,16)/t12-/m1/s1. The van der Waals surface area contributed by atoms with Crippen molar-refractivity contribution >= 4 is 27.3 Å². The molecule has 0 saturated carbocycles. The Bertz CT molecular complexity index is 632. The van der Waals surface area contributed by atoms with Gasteiger partial charge in [-0.15, -0.1) is 0 Å². The molecule has 1 heterocycles. The second-order valence-electron chi connectivity index (χ2n) is 4.98. The molecule has 1 aliphatic heterocycles. The average molecular weight is 306 g/mol. The van der Waals surface area contributed by atoms with Crippen LogP contribution in [0.15, 0.2) is 18.2 Å². The zero-order chi connectivity index (χ0) is 14.3. The second-order valence-corrected chi connectivity index (χ2v) is 7.60. The summed E-state index contributed by atoms with van der Waals surface area (Å²) in [7, 11) is -3.13. The van der Waals surface area contributed by atoms with Crippen molar-refractivity contribution < 1.29 is 17.6 Å². The minimum Gasteiger partial charge on any atom is -0.346 e. The van der Waals surface area contributed by atoms with Crippen molar-refractivity contribution in [2.75, 3.05) is 11.5 Å². The van der Waals surface area contributed by atoms with Crippen molar-refractivity contribution in [3.8, 4) is 0 Å². The topological polar surface area (TPSA) is 63.2 Å². The largest absolute Gasteiger partial charge is 0.346 e. The van der Waals surface area contributed by atoms with Crippen molar-refractivity contribution in [2.45, 2.75) is 18.9 Å². The summed E-state index contributed by atoms with van der Waals surface area (Å²) in [6.45, 7) is 1.64. The molecule has 0 aromatic heterocycles. The maximum atomic E-state index is 13.6. The minimum atomic E-state index is -3.13. The smallest absolute Gasteiger partial charge is 0.254 e. The first-order chi connectivity index (χ1) is 8.71. The summed E-state index contributed by atoms with van der Waals surface area (Å²) in [5, 5.41) is 2.78. The maximum absolute atomic E-state index is 13.6. The third-order valence-electron chi connectivity index (χ3n) is 3.09. The van der Waals surface area contributed by atoms with Crippen LogP contribution in [0.5, 0.6) is 0 Å². The van der Waals surface area contributed by atoms with Crippen molar-refractivity contribution in [2.24, 2.45) is 0 Å². The first-order valence-electron chi connectivity index (χ1n) is 5.69. The van der Waals surface area contributed by atoms with E-state index in [-0.39, 0.29) is 22.1 Å². The molecule has 0 bridgehead atoms. The lowest BCUT2D eigenvalue weighted by Crippen LogP contribution is -2.47. The Kier molecular flexibility index (Phi) is 3.57. The first kappa shape index (κ1) is 14.3. The van der Waals surface area contributed by atoms with Gasteiger partial charge in [0.15, 0.2) is 9.84 Å². The third kappa shape index (κ3) is 3.25. The van der Waals surface area contributed by atoms with Crippen LogP contribution in [0.25, 0.3) is 0 Å². The highest BCUT2D eigenvalue weighted by Crippen LogP contribution is 2.24. The van der Waals surface area contributed by atoms with E-state index in [0.717, 1.165) is 6.07 Å². The van der Waals surface area contributed by atoms with E-state index in [1.165, 1.54) is 12.1 Å². The quantitative estimate of drug-likeness (QED) is 0.906. The fourth-order valence-corrected chi connectivity index (χ4v) is 4.38. The van der Waals surface area contributed by atoms with Crippen LogP contribution in [0.3, 0.4) is 0 Å². The average Bonchev–Trinajstić information content (AvgIpc) is 2.52. The Balaban J connectivity index is 2.18. The predicted octanol–water partition coefficient (Wildman–Crippen LogP) is 1.79. The number of amides is 1. The molecule has 4 nitrogen and oxygen atoms in total. The van der Waals surface area contributed by atoms with Gasteiger partial charge in [-0.3, -0.25) is 4.79 Å². The van der Waals surface area contributed by atoms with E-state index in [0.29, 0.717) is 6.42 Å². The molecule has 1 aromatic carbocycles. The van der Waals surface area contributed by atoms with Crippen LogP contribution < -0.4 is 5.32 Å². The molecule has 7 heteroatoms. The molecule has 2 rings (SSSR count). The van der Waals surface area contributed by atoms with Gasteiger partial charge in [-0.25, -0.2) is 12.8 Å². The van der Waals surface area contributed by atoms with Gasteiger partial charge in [0.1, 0.15) is 5.82 Å². The van der Waals surface area contributed by atoms with Gasteiger partial charge in [0.2, 0.25) is 0 Å². The Morgan fingerprint density at radius 3 is 2.68 bits per heavy atom. The zero-order valence-electron chi connectivity index (χ0n) is 10.2. The van der Waals surface area contributed by atoms with E-state index in [4.69, 9.17) is 11.6 Å². The lowest BCUT2D eigenvalue weighted by molar-refractivity contribution is 0.0911. The normalized spacial score (nSPS) is 25.2. The van der Waals surface area contributed by atoms with Gasteiger partial charge in [0, 0.05) is 5.02 Å². The molecule has 1 aliphatic rings. The first-order valence-corrected chi connectivity index (χ1v) is 7.89. The van der Waals surface area contributed by atoms with E-state index in [2.05, 4.69) is 5.32 Å². The van der Waals surface area contributed by atoms with E-state index in [1.54, 1.807) is 6.92 Å². The number of sulfone groups is 1. The monoisotopic (exact) mass is 305 g/mol. The van der Waals surface area contributed by atoms with Crippen LogP contribution in [0.4, 0.5) is 4.39 Å². The van der Waals surface area contributed by atoms with Gasteiger partial charge in [-0.1, -0.05) is 11.6 Å². The van der Waals surface area contributed by atoms with Crippen LogP contribution >= 0.6 is 11.6 Å². The molecule has 1 atom stereocenters. The molecule has 1 saturated heterocycles. The number of halogens is 2.